The maximum absolute atomic E-state index is 13.0. The molecule has 0 radical (unpaired) electrons. The predicted octanol–water partition coefficient (Wildman–Crippen LogP) is 2.31. The molecule has 2 heterocycles. The standard InChI is InChI=1S/C14H15FN4/c1-9-6-11(15)2-3-12(9)18-14-17-7-10-4-5-16-8-13(10)19-14/h2-3,6-7,16H,4-5,8H2,1H3,(H,17,18,19). The number of aromatic nitrogens is 2. The molecule has 19 heavy (non-hydrogen) atoms. The minimum atomic E-state index is -0.237. The monoisotopic (exact) mass is 258 g/mol. The van der Waals surface area contributed by atoms with E-state index in [1.54, 1.807) is 6.07 Å². The van der Waals surface area contributed by atoms with Crippen LogP contribution in [-0.2, 0) is 13.0 Å². The Morgan fingerprint density at radius 1 is 1.37 bits per heavy atom. The Balaban J connectivity index is 1.87. The molecule has 4 nitrogen and oxygen atoms in total. The van der Waals surface area contributed by atoms with Gasteiger partial charge in [-0.15, -0.1) is 0 Å². The Morgan fingerprint density at radius 2 is 2.26 bits per heavy atom. The number of hydrogen-bond donors (Lipinski definition) is 2. The Labute approximate surface area is 111 Å². The molecule has 0 aliphatic carbocycles. The minimum absolute atomic E-state index is 0.237. The maximum Gasteiger partial charge on any atom is 0.227 e. The molecule has 0 atom stereocenters. The van der Waals surface area contributed by atoms with Crippen LogP contribution in [0.3, 0.4) is 0 Å². The van der Waals surface area contributed by atoms with Crippen molar-refractivity contribution in [1.82, 2.24) is 15.3 Å². The summed E-state index contributed by atoms with van der Waals surface area (Å²) in [5.74, 6) is 0.316. The zero-order chi connectivity index (χ0) is 13.2. The number of rotatable bonds is 2. The Kier molecular flexibility index (Phi) is 3.13. The number of nitrogens with zero attached hydrogens (tertiary/aromatic N) is 2. The first-order valence-corrected chi connectivity index (χ1v) is 6.31. The third-order valence-electron chi connectivity index (χ3n) is 3.25. The van der Waals surface area contributed by atoms with E-state index < -0.39 is 0 Å². The summed E-state index contributed by atoms with van der Waals surface area (Å²) in [4.78, 5) is 8.80. The maximum atomic E-state index is 13.0. The van der Waals surface area contributed by atoms with Crippen molar-refractivity contribution in [3.8, 4) is 0 Å². The molecule has 0 amide bonds. The number of benzene rings is 1. The summed E-state index contributed by atoms with van der Waals surface area (Å²) >= 11 is 0. The van der Waals surface area contributed by atoms with Crippen molar-refractivity contribution in [1.29, 1.82) is 0 Å². The lowest BCUT2D eigenvalue weighted by Crippen LogP contribution is -2.25. The zero-order valence-corrected chi connectivity index (χ0v) is 10.7. The zero-order valence-electron chi connectivity index (χ0n) is 10.7. The molecule has 5 heteroatoms. The SMILES string of the molecule is Cc1cc(F)ccc1Nc1ncc2c(n1)CNCC2. The summed E-state index contributed by atoms with van der Waals surface area (Å²) in [5.41, 5.74) is 3.88. The number of fused-ring (bicyclic) bond motifs is 1. The highest BCUT2D eigenvalue weighted by Crippen LogP contribution is 2.20. The van der Waals surface area contributed by atoms with Gasteiger partial charge in [0.1, 0.15) is 5.82 Å². The number of hydrogen-bond acceptors (Lipinski definition) is 4. The van der Waals surface area contributed by atoms with Gasteiger partial charge in [-0.1, -0.05) is 0 Å². The molecule has 1 aliphatic heterocycles. The molecule has 0 saturated heterocycles. The van der Waals surface area contributed by atoms with Gasteiger partial charge in [-0.25, -0.2) is 14.4 Å². The lowest BCUT2D eigenvalue weighted by atomic mass is 10.1. The molecular formula is C14H15FN4. The molecule has 0 unspecified atom stereocenters. The van der Waals surface area contributed by atoms with E-state index in [0.717, 1.165) is 36.5 Å². The van der Waals surface area contributed by atoms with Gasteiger partial charge in [-0.2, -0.15) is 0 Å². The molecule has 0 spiro atoms. The second-order valence-electron chi connectivity index (χ2n) is 4.68. The summed E-state index contributed by atoms with van der Waals surface area (Å²) in [5, 5.41) is 6.42. The highest BCUT2D eigenvalue weighted by Gasteiger charge is 2.11. The summed E-state index contributed by atoms with van der Waals surface area (Å²) in [7, 11) is 0. The van der Waals surface area contributed by atoms with E-state index in [4.69, 9.17) is 0 Å². The highest BCUT2D eigenvalue weighted by atomic mass is 19.1. The van der Waals surface area contributed by atoms with Gasteiger partial charge >= 0.3 is 0 Å². The summed E-state index contributed by atoms with van der Waals surface area (Å²) in [6.07, 6.45) is 2.83. The van der Waals surface area contributed by atoms with Crippen molar-refractivity contribution in [3.05, 3.63) is 47.0 Å². The molecule has 2 aromatic rings. The van der Waals surface area contributed by atoms with Crippen LogP contribution in [0.4, 0.5) is 16.0 Å². The van der Waals surface area contributed by atoms with Crippen molar-refractivity contribution >= 4 is 11.6 Å². The van der Waals surface area contributed by atoms with E-state index in [0.29, 0.717) is 5.95 Å². The largest absolute Gasteiger partial charge is 0.324 e. The fourth-order valence-electron chi connectivity index (χ4n) is 2.18. The van der Waals surface area contributed by atoms with E-state index in [-0.39, 0.29) is 5.82 Å². The van der Waals surface area contributed by atoms with Crippen LogP contribution in [0, 0.1) is 12.7 Å². The van der Waals surface area contributed by atoms with Crippen molar-refractivity contribution in [2.75, 3.05) is 11.9 Å². The van der Waals surface area contributed by atoms with Gasteiger partial charge in [0.25, 0.3) is 0 Å². The molecule has 0 bridgehead atoms. The molecule has 3 rings (SSSR count). The summed E-state index contributed by atoms with van der Waals surface area (Å²) in [6.45, 7) is 3.60. The predicted molar refractivity (Wildman–Crippen MR) is 71.9 cm³/mol. The lowest BCUT2D eigenvalue weighted by molar-refractivity contribution is 0.624. The summed E-state index contributed by atoms with van der Waals surface area (Å²) < 4.78 is 13.0. The average molecular weight is 258 g/mol. The first-order valence-electron chi connectivity index (χ1n) is 6.31. The smallest absolute Gasteiger partial charge is 0.227 e. The van der Waals surface area contributed by atoms with Crippen molar-refractivity contribution in [2.45, 2.75) is 19.9 Å². The highest BCUT2D eigenvalue weighted by molar-refractivity contribution is 5.58. The van der Waals surface area contributed by atoms with Crippen LogP contribution < -0.4 is 10.6 Å². The molecule has 0 fully saturated rings. The Hall–Kier alpha value is -2.01. The Morgan fingerprint density at radius 3 is 3.11 bits per heavy atom. The Bertz CT molecular complexity index is 612. The number of anilines is 2. The molecule has 1 aromatic heterocycles. The first-order chi connectivity index (χ1) is 9.22. The number of aryl methyl sites for hydroxylation is 1. The minimum Gasteiger partial charge on any atom is -0.324 e. The second kappa shape index (κ2) is 4.93. The van der Waals surface area contributed by atoms with Gasteiger partial charge in [0.05, 0.1) is 5.69 Å². The van der Waals surface area contributed by atoms with Gasteiger partial charge in [0.2, 0.25) is 5.95 Å². The lowest BCUT2D eigenvalue weighted by Gasteiger charge is -2.16. The van der Waals surface area contributed by atoms with Crippen LogP contribution in [0.5, 0.6) is 0 Å². The number of nitrogens with one attached hydrogen (secondary N) is 2. The van der Waals surface area contributed by atoms with Crippen LogP contribution >= 0.6 is 0 Å². The molecule has 1 aromatic carbocycles. The van der Waals surface area contributed by atoms with Crippen LogP contribution in [-0.4, -0.2) is 16.5 Å². The van der Waals surface area contributed by atoms with Gasteiger partial charge in [0, 0.05) is 18.4 Å². The topological polar surface area (TPSA) is 49.8 Å². The van der Waals surface area contributed by atoms with Gasteiger partial charge in [-0.05, 0) is 49.2 Å². The second-order valence-corrected chi connectivity index (χ2v) is 4.68. The first kappa shape index (κ1) is 12.0. The van der Waals surface area contributed by atoms with Crippen molar-refractivity contribution < 1.29 is 4.39 Å². The van der Waals surface area contributed by atoms with E-state index in [1.165, 1.54) is 17.7 Å². The van der Waals surface area contributed by atoms with Crippen LogP contribution in [0.15, 0.2) is 24.4 Å². The molecule has 98 valence electrons. The normalized spacial score (nSPS) is 14.0. The fraction of sp³-hybridized carbons (Fsp3) is 0.286. The van der Waals surface area contributed by atoms with E-state index in [9.17, 15) is 4.39 Å². The quantitative estimate of drug-likeness (QED) is 0.868. The van der Waals surface area contributed by atoms with Gasteiger partial charge < -0.3 is 10.6 Å². The van der Waals surface area contributed by atoms with Gasteiger partial charge in [0.15, 0.2) is 0 Å². The van der Waals surface area contributed by atoms with Crippen LogP contribution in [0.2, 0.25) is 0 Å². The van der Waals surface area contributed by atoms with Crippen molar-refractivity contribution in [2.24, 2.45) is 0 Å². The fourth-order valence-corrected chi connectivity index (χ4v) is 2.18. The van der Waals surface area contributed by atoms with E-state index >= 15 is 0 Å². The number of halogens is 1. The summed E-state index contributed by atoms with van der Waals surface area (Å²) in [6, 6.07) is 4.61. The van der Waals surface area contributed by atoms with E-state index in [1.807, 2.05) is 13.1 Å². The van der Waals surface area contributed by atoms with Gasteiger partial charge in [-0.3, -0.25) is 0 Å². The van der Waals surface area contributed by atoms with Crippen LogP contribution in [0.25, 0.3) is 0 Å². The molecule has 1 aliphatic rings. The van der Waals surface area contributed by atoms with E-state index in [2.05, 4.69) is 20.6 Å². The molecular weight excluding hydrogens is 243 g/mol. The third kappa shape index (κ3) is 2.56. The van der Waals surface area contributed by atoms with Crippen molar-refractivity contribution in [3.63, 3.8) is 0 Å². The third-order valence-corrected chi connectivity index (χ3v) is 3.25. The van der Waals surface area contributed by atoms with Crippen LogP contribution in [0.1, 0.15) is 16.8 Å². The average Bonchev–Trinajstić information content (AvgIpc) is 2.42. The molecule has 0 saturated carbocycles. The molecule has 2 N–H and O–H groups in total.